The van der Waals surface area contributed by atoms with Gasteiger partial charge in [-0.1, -0.05) is 24.3 Å². The first-order valence-corrected chi connectivity index (χ1v) is 11.9. The Kier molecular flexibility index (Phi) is 7.07. The van der Waals surface area contributed by atoms with Crippen LogP contribution in [0, 0.1) is 5.82 Å². The number of carbonyl (C=O) groups excluding carboxylic acids is 1. The molecule has 7 heteroatoms. The van der Waals surface area contributed by atoms with Crippen molar-refractivity contribution in [3.05, 3.63) is 77.6 Å². The highest BCUT2D eigenvalue weighted by Gasteiger charge is 2.24. The number of benzene rings is 2. The summed E-state index contributed by atoms with van der Waals surface area (Å²) in [4.78, 5) is 21.1. The van der Waals surface area contributed by atoms with E-state index in [1.165, 1.54) is 17.0 Å². The fourth-order valence-corrected chi connectivity index (χ4v) is 4.15. The van der Waals surface area contributed by atoms with E-state index < -0.39 is 0 Å². The quantitative estimate of drug-likeness (QED) is 0.540. The van der Waals surface area contributed by atoms with Gasteiger partial charge in [0.2, 0.25) is 0 Å². The lowest BCUT2D eigenvalue weighted by Crippen LogP contribution is -2.38. The van der Waals surface area contributed by atoms with Gasteiger partial charge in [0, 0.05) is 30.1 Å². The minimum absolute atomic E-state index is 0.229. The van der Waals surface area contributed by atoms with Crippen molar-refractivity contribution in [3.8, 4) is 11.3 Å². The van der Waals surface area contributed by atoms with E-state index in [0.29, 0.717) is 43.9 Å². The van der Waals surface area contributed by atoms with Crippen molar-refractivity contribution >= 4 is 23.5 Å². The van der Waals surface area contributed by atoms with Gasteiger partial charge >= 0.3 is 0 Å². The number of aliphatic hydroxyl groups excluding tert-OH is 1. The van der Waals surface area contributed by atoms with Gasteiger partial charge in [-0.15, -0.1) is 11.8 Å². The Morgan fingerprint density at radius 1 is 1.09 bits per heavy atom. The van der Waals surface area contributed by atoms with Crippen LogP contribution in [-0.2, 0) is 6.54 Å². The maximum atomic E-state index is 13.1. The van der Waals surface area contributed by atoms with Gasteiger partial charge in [-0.25, -0.2) is 9.37 Å². The number of anilines is 1. The molecule has 0 aliphatic carbocycles. The third kappa shape index (κ3) is 5.29. The maximum Gasteiger partial charge on any atom is 0.255 e. The van der Waals surface area contributed by atoms with Crippen molar-refractivity contribution in [1.29, 1.82) is 0 Å². The number of nitrogens with zero attached hydrogens (tertiary/aromatic N) is 2. The molecule has 0 spiro atoms. The van der Waals surface area contributed by atoms with Gasteiger partial charge in [-0.2, -0.15) is 0 Å². The molecule has 1 amide bonds. The number of carbonyl (C=O) groups is 1. The number of aliphatic hydroxyl groups is 1. The molecule has 3 aromatic rings. The molecule has 0 saturated carbocycles. The van der Waals surface area contributed by atoms with Gasteiger partial charge in [-0.3, -0.25) is 4.79 Å². The van der Waals surface area contributed by atoms with Crippen molar-refractivity contribution in [2.24, 2.45) is 0 Å². The van der Waals surface area contributed by atoms with Crippen molar-refractivity contribution in [1.82, 2.24) is 10.3 Å². The topological polar surface area (TPSA) is 65.5 Å². The number of rotatable bonds is 6. The monoisotopic (exact) mass is 451 g/mol. The van der Waals surface area contributed by atoms with Crippen LogP contribution < -0.4 is 10.2 Å². The fourth-order valence-electron chi connectivity index (χ4n) is 3.75. The maximum absolute atomic E-state index is 13.1. The number of piperidine rings is 1. The van der Waals surface area contributed by atoms with Crippen LogP contribution in [0.4, 0.5) is 10.2 Å². The van der Waals surface area contributed by atoms with E-state index in [9.17, 15) is 14.3 Å². The van der Waals surface area contributed by atoms with Crippen LogP contribution in [0.25, 0.3) is 11.3 Å². The zero-order valence-corrected chi connectivity index (χ0v) is 18.7. The van der Waals surface area contributed by atoms with E-state index in [0.717, 1.165) is 16.8 Å². The lowest BCUT2D eigenvalue weighted by molar-refractivity contribution is 0.0951. The molecule has 1 saturated heterocycles. The van der Waals surface area contributed by atoms with Gasteiger partial charge in [0.25, 0.3) is 5.91 Å². The molecule has 0 unspecified atom stereocenters. The van der Waals surface area contributed by atoms with Crippen LogP contribution in [0.1, 0.15) is 28.8 Å². The largest absolute Gasteiger partial charge is 0.393 e. The molecule has 5 nitrogen and oxygen atoms in total. The summed E-state index contributed by atoms with van der Waals surface area (Å²) in [5.74, 6) is 0.0900. The molecule has 32 heavy (non-hydrogen) atoms. The van der Waals surface area contributed by atoms with Crippen molar-refractivity contribution in [2.45, 2.75) is 30.4 Å². The predicted molar refractivity (Wildman–Crippen MR) is 126 cm³/mol. The van der Waals surface area contributed by atoms with Gasteiger partial charge in [0.15, 0.2) is 0 Å². The lowest BCUT2D eigenvalue weighted by Gasteiger charge is -2.32. The number of aromatic nitrogens is 1. The molecule has 2 N–H and O–H groups in total. The Hall–Kier alpha value is -2.90. The van der Waals surface area contributed by atoms with Crippen molar-refractivity contribution in [3.63, 3.8) is 0 Å². The van der Waals surface area contributed by atoms with E-state index in [1.807, 2.05) is 30.5 Å². The molecule has 2 heterocycles. The highest BCUT2D eigenvalue weighted by Crippen LogP contribution is 2.28. The van der Waals surface area contributed by atoms with Crippen molar-refractivity contribution in [2.75, 3.05) is 24.2 Å². The molecule has 0 atom stereocenters. The molecular formula is C25H26FN3O2S. The second kappa shape index (κ2) is 10.1. The Bertz CT molecular complexity index is 1070. The summed E-state index contributed by atoms with van der Waals surface area (Å²) < 4.78 is 13.1. The summed E-state index contributed by atoms with van der Waals surface area (Å²) in [6.45, 7) is 1.58. The second-order valence-electron chi connectivity index (χ2n) is 7.82. The van der Waals surface area contributed by atoms with Gasteiger partial charge in [-0.05, 0) is 61.1 Å². The Balaban J connectivity index is 1.60. The van der Waals surface area contributed by atoms with Gasteiger partial charge < -0.3 is 15.3 Å². The molecule has 1 aliphatic rings. The lowest BCUT2D eigenvalue weighted by atomic mass is 10.1. The highest BCUT2D eigenvalue weighted by atomic mass is 32.2. The zero-order chi connectivity index (χ0) is 22.5. The van der Waals surface area contributed by atoms with E-state index in [1.54, 1.807) is 23.9 Å². The average Bonchev–Trinajstić information content (AvgIpc) is 2.84. The summed E-state index contributed by atoms with van der Waals surface area (Å²) in [5, 5.41) is 12.8. The Labute approximate surface area is 191 Å². The normalized spacial score (nSPS) is 14.4. The van der Waals surface area contributed by atoms with E-state index in [-0.39, 0.29) is 17.8 Å². The molecular weight excluding hydrogens is 425 g/mol. The fraction of sp³-hybridized carbons (Fsp3) is 0.280. The first-order valence-electron chi connectivity index (χ1n) is 10.6. The Morgan fingerprint density at radius 3 is 2.44 bits per heavy atom. The predicted octanol–water partition coefficient (Wildman–Crippen LogP) is 4.50. The van der Waals surface area contributed by atoms with E-state index in [4.69, 9.17) is 4.98 Å². The molecule has 1 aromatic heterocycles. The Morgan fingerprint density at radius 2 is 1.78 bits per heavy atom. The molecule has 1 aliphatic heterocycles. The second-order valence-corrected chi connectivity index (χ2v) is 8.70. The van der Waals surface area contributed by atoms with Crippen LogP contribution in [0.3, 0.4) is 0 Å². The smallest absolute Gasteiger partial charge is 0.255 e. The number of halogens is 1. The molecule has 1 fully saturated rings. The number of nitrogens with one attached hydrogen (secondary N) is 1. The summed E-state index contributed by atoms with van der Waals surface area (Å²) >= 11 is 1.68. The number of hydrogen-bond acceptors (Lipinski definition) is 5. The van der Waals surface area contributed by atoms with Crippen LogP contribution in [0.5, 0.6) is 0 Å². The van der Waals surface area contributed by atoms with Gasteiger partial charge in [0.1, 0.15) is 11.6 Å². The molecule has 0 radical (unpaired) electrons. The molecule has 166 valence electrons. The summed E-state index contributed by atoms with van der Waals surface area (Å²) in [6.07, 6.45) is 3.01. The van der Waals surface area contributed by atoms with Crippen LogP contribution in [-0.4, -0.2) is 41.4 Å². The summed E-state index contributed by atoms with van der Waals surface area (Å²) in [7, 11) is 0. The van der Waals surface area contributed by atoms with Crippen LogP contribution in [0.15, 0.2) is 65.6 Å². The number of pyridine rings is 1. The molecule has 4 rings (SSSR count). The van der Waals surface area contributed by atoms with Crippen LogP contribution >= 0.6 is 11.8 Å². The molecule has 2 aromatic carbocycles. The first-order chi connectivity index (χ1) is 15.5. The van der Waals surface area contributed by atoms with Crippen molar-refractivity contribution < 1.29 is 14.3 Å². The summed E-state index contributed by atoms with van der Waals surface area (Å²) in [6, 6.07) is 17.9. The molecule has 0 bridgehead atoms. The van der Waals surface area contributed by atoms with Crippen LogP contribution in [0.2, 0.25) is 0 Å². The minimum Gasteiger partial charge on any atom is -0.393 e. The third-order valence-corrected chi connectivity index (χ3v) is 6.38. The number of hydrogen-bond donors (Lipinski definition) is 2. The summed E-state index contributed by atoms with van der Waals surface area (Å²) in [5.41, 5.74) is 3.10. The standard InChI is InChI=1S/C25H26FN3O2S/c1-32-21-8-4-18(5-9-21)23-11-10-22(24(28-23)29-14-12-20(30)13-15-29)25(31)27-16-17-2-6-19(26)7-3-17/h2-11,20,30H,12-16H2,1H3,(H,27,31). The number of thioether (sulfide) groups is 1. The number of amides is 1. The van der Waals surface area contributed by atoms with E-state index in [2.05, 4.69) is 22.3 Å². The zero-order valence-electron chi connectivity index (χ0n) is 17.9. The SMILES string of the molecule is CSc1ccc(-c2ccc(C(=O)NCc3ccc(F)cc3)c(N3CCC(O)CC3)n2)cc1. The van der Waals surface area contributed by atoms with E-state index >= 15 is 0 Å². The minimum atomic E-state index is -0.315. The highest BCUT2D eigenvalue weighted by molar-refractivity contribution is 7.98. The third-order valence-electron chi connectivity index (χ3n) is 5.64. The first kappa shape index (κ1) is 22.3. The average molecular weight is 452 g/mol. The van der Waals surface area contributed by atoms with Gasteiger partial charge in [0.05, 0.1) is 17.4 Å².